The third kappa shape index (κ3) is 4.49. The maximum atomic E-state index is 12.1. The summed E-state index contributed by atoms with van der Waals surface area (Å²) >= 11 is 1.91. The number of amides is 2. The molecule has 1 fully saturated rings. The maximum Gasteiger partial charge on any atom is 0.319 e. The summed E-state index contributed by atoms with van der Waals surface area (Å²) in [5, 5.41) is 6.39. The number of anilines is 1. The Labute approximate surface area is 130 Å². The van der Waals surface area contributed by atoms with Gasteiger partial charge in [0.05, 0.1) is 0 Å². The van der Waals surface area contributed by atoms with E-state index in [0.717, 1.165) is 12.2 Å². The lowest BCUT2D eigenvalue weighted by atomic mass is 10.1. The van der Waals surface area contributed by atoms with Crippen molar-refractivity contribution in [2.75, 3.05) is 11.1 Å². The summed E-state index contributed by atoms with van der Waals surface area (Å²) in [5.74, 6) is 1.07. The Kier molecular flexibility index (Phi) is 5.67. The van der Waals surface area contributed by atoms with E-state index in [9.17, 15) is 9.59 Å². The van der Waals surface area contributed by atoms with Gasteiger partial charge in [-0.1, -0.05) is 25.5 Å². The van der Waals surface area contributed by atoms with Crippen molar-refractivity contribution >= 4 is 29.3 Å². The van der Waals surface area contributed by atoms with E-state index < -0.39 is 0 Å². The van der Waals surface area contributed by atoms with Crippen LogP contribution in [0.15, 0.2) is 24.3 Å². The minimum Gasteiger partial charge on any atom is -0.334 e. The summed E-state index contributed by atoms with van der Waals surface area (Å²) in [5.41, 5.74) is 1.26. The molecule has 2 rings (SSSR count). The first kappa shape index (κ1) is 15.9. The average Bonchev–Trinajstić information content (AvgIpc) is 2.86. The normalized spacial score (nSPS) is 21.0. The van der Waals surface area contributed by atoms with E-state index in [-0.39, 0.29) is 17.9 Å². The Hall–Kier alpha value is -1.49. The summed E-state index contributed by atoms with van der Waals surface area (Å²) in [6.07, 6.45) is 3.38. The Morgan fingerprint density at radius 2 is 2.14 bits per heavy atom. The number of benzene rings is 1. The molecule has 2 unspecified atom stereocenters. The predicted octanol–water partition coefficient (Wildman–Crippen LogP) is 3.68. The number of urea groups is 1. The van der Waals surface area contributed by atoms with E-state index in [1.165, 1.54) is 19.8 Å². The van der Waals surface area contributed by atoms with Crippen molar-refractivity contribution in [1.29, 1.82) is 0 Å². The molecule has 0 spiro atoms. The molecule has 1 aromatic carbocycles. The fourth-order valence-corrected chi connectivity index (χ4v) is 3.85. The summed E-state index contributed by atoms with van der Waals surface area (Å²) in [6, 6.07) is 7.07. The van der Waals surface area contributed by atoms with Gasteiger partial charge >= 0.3 is 6.03 Å². The third-order valence-corrected chi connectivity index (χ3v) is 5.00. The van der Waals surface area contributed by atoms with Crippen molar-refractivity contribution in [1.82, 2.24) is 5.32 Å². The third-order valence-electron chi connectivity index (χ3n) is 3.68. The summed E-state index contributed by atoms with van der Waals surface area (Å²) in [7, 11) is 0. The van der Waals surface area contributed by atoms with Crippen LogP contribution in [0.3, 0.4) is 0 Å². The zero-order valence-corrected chi connectivity index (χ0v) is 13.3. The highest BCUT2D eigenvalue weighted by atomic mass is 32.2. The molecule has 2 atom stereocenters. The van der Waals surface area contributed by atoms with Crippen LogP contribution in [0.25, 0.3) is 0 Å². The number of hydrogen-bond acceptors (Lipinski definition) is 3. The molecule has 2 amide bonds. The number of hydrogen-bond donors (Lipinski definition) is 2. The van der Waals surface area contributed by atoms with Crippen LogP contribution >= 0.6 is 11.8 Å². The molecule has 1 aliphatic rings. The van der Waals surface area contributed by atoms with Gasteiger partial charge in [-0.15, -0.1) is 0 Å². The van der Waals surface area contributed by atoms with Gasteiger partial charge in [-0.2, -0.15) is 11.8 Å². The van der Waals surface area contributed by atoms with Gasteiger partial charge < -0.3 is 10.6 Å². The van der Waals surface area contributed by atoms with Crippen molar-refractivity contribution in [3.63, 3.8) is 0 Å². The van der Waals surface area contributed by atoms with Gasteiger partial charge in [0.25, 0.3) is 0 Å². The highest BCUT2D eigenvalue weighted by molar-refractivity contribution is 7.99. The van der Waals surface area contributed by atoms with Gasteiger partial charge in [0, 0.05) is 22.5 Å². The average molecular weight is 306 g/mol. The molecule has 21 heavy (non-hydrogen) atoms. The van der Waals surface area contributed by atoms with Gasteiger partial charge in [-0.05, 0) is 37.7 Å². The monoisotopic (exact) mass is 306 g/mol. The second kappa shape index (κ2) is 7.50. The number of carbonyl (C=O) groups excluding carboxylic acids is 2. The molecule has 0 aromatic heterocycles. The molecule has 1 aromatic rings. The van der Waals surface area contributed by atoms with E-state index in [1.54, 1.807) is 24.3 Å². The van der Waals surface area contributed by atoms with Crippen LogP contribution in [0.1, 0.15) is 43.5 Å². The predicted molar refractivity (Wildman–Crippen MR) is 88.2 cm³/mol. The summed E-state index contributed by atoms with van der Waals surface area (Å²) < 4.78 is 0. The van der Waals surface area contributed by atoms with E-state index in [1.807, 2.05) is 11.8 Å². The molecule has 4 nitrogen and oxygen atoms in total. The number of carbonyl (C=O) groups is 2. The summed E-state index contributed by atoms with van der Waals surface area (Å²) in [6.45, 7) is 3.66. The van der Waals surface area contributed by atoms with Gasteiger partial charge in [0.15, 0.2) is 5.78 Å². The Morgan fingerprint density at radius 1 is 1.33 bits per heavy atom. The van der Waals surface area contributed by atoms with E-state index >= 15 is 0 Å². The van der Waals surface area contributed by atoms with Crippen molar-refractivity contribution < 1.29 is 9.59 Å². The number of Topliss-reactive ketones (excluding diaryl/α,β-unsaturated/α-hetero) is 1. The zero-order chi connectivity index (χ0) is 15.2. The SMILES string of the molecule is CCSC1CCCC1NC(=O)Nc1cccc(C(C)=O)c1. The van der Waals surface area contributed by atoms with E-state index in [2.05, 4.69) is 17.6 Å². The molecular weight excluding hydrogens is 284 g/mol. The van der Waals surface area contributed by atoms with Gasteiger partial charge in [-0.3, -0.25) is 4.79 Å². The van der Waals surface area contributed by atoms with Crippen molar-refractivity contribution in [3.8, 4) is 0 Å². The second-order valence-corrected chi connectivity index (χ2v) is 6.78. The molecular formula is C16H22N2O2S. The number of nitrogens with one attached hydrogen (secondary N) is 2. The van der Waals surface area contributed by atoms with Crippen molar-refractivity contribution in [3.05, 3.63) is 29.8 Å². The van der Waals surface area contributed by atoms with Gasteiger partial charge in [0.2, 0.25) is 0 Å². The van der Waals surface area contributed by atoms with Crippen LogP contribution in [-0.2, 0) is 0 Å². The van der Waals surface area contributed by atoms with Crippen LogP contribution < -0.4 is 10.6 Å². The lowest BCUT2D eigenvalue weighted by Crippen LogP contribution is -2.41. The molecule has 1 saturated carbocycles. The Morgan fingerprint density at radius 3 is 2.86 bits per heavy atom. The van der Waals surface area contributed by atoms with E-state index in [0.29, 0.717) is 16.5 Å². The highest BCUT2D eigenvalue weighted by Gasteiger charge is 2.28. The number of thioether (sulfide) groups is 1. The Bertz CT molecular complexity index is 519. The van der Waals surface area contributed by atoms with Gasteiger partial charge in [-0.25, -0.2) is 4.79 Å². The fraction of sp³-hybridized carbons (Fsp3) is 0.500. The lowest BCUT2D eigenvalue weighted by Gasteiger charge is -2.20. The molecule has 0 bridgehead atoms. The first-order chi connectivity index (χ1) is 10.1. The minimum absolute atomic E-state index is 0.00531. The number of ketones is 1. The molecule has 2 N–H and O–H groups in total. The van der Waals surface area contributed by atoms with Crippen LogP contribution in [0.2, 0.25) is 0 Å². The topological polar surface area (TPSA) is 58.2 Å². The molecule has 0 heterocycles. The van der Waals surface area contributed by atoms with Crippen LogP contribution in [0.5, 0.6) is 0 Å². The largest absolute Gasteiger partial charge is 0.334 e. The zero-order valence-electron chi connectivity index (χ0n) is 12.5. The van der Waals surface area contributed by atoms with Crippen LogP contribution in [0.4, 0.5) is 10.5 Å². The van der Waals surface area contributed by atoms with Gasteiger partial charge in [0.1, 0.15) is 0 Å². The van der Waals surface area contributed by atoms with Crippen molar-refractivity contribution in [2.24, 2.45) is 0 Å². The highest BCUT2D eigenvalue weighted by Crippen LogP contribution is 2.29. The van der Waals surface area contributed by atoms with Crippen molar-refractivity contribution in [2.45, 2.75) is 44.4 Å². The second-order valence-electron chi connectivity index (χ2n) is 5.27. The molecule has 0 radical (unpaired) electrons. The first-order valence-electron chi connectivity index (χ1n) is 7.40. The molecule has 0 aliphatic heterocycles. The number of rotatable bonds is 5. The standard InChI is InChI=1S/C16H22N2O2S/c1-3-21-15-9-5-8-14(15)18-16(20)17-13-7-4-6-12(10-13)11(2)19/h4,6-7,10,14-15H,3,5,8-9H2,1-2H3,(H2,17,18,20). The smallest absolute Gasteiger partial charge is 0.319 e. The fourth-order valence-electron chi connectivity index (χ4n) is 2.66. The quantitative estimate of drug-likeness (QED) is 0.816. The lowest BCUT2D eigenvalue weighted by molar-refractivity contribution is 0.101. The maximum absolute atomic E-state index is 12.1. The first-order valence-corrected chi connectivity index (χ1v) is 8.45. The molecule has 5 heteroatoms. The summed E-state index contributed by atoms with van der Waals surface area (Å²) in [4.78, 5) is 23.4. The molecule has 1 aliphatic carbocycles. The molecule has 0 saturated heterocycles. The van der Waals surface area contributed by atoms with Crippen LogP contribution in [0, 0.1) is 0 Å². The Balaban J connectivity index is 1.92. The van der Waals surface area contributed by atoms with Crippen LogP contribution in [-0.4, -0.2) is 28.9 Å². The van der Waals surface area contributed by atoms with E-state index in [4.69, 9.17) is 0 Å². The minimum atomic E-state index is -0.190. The molecule has 114 valence electrons.